The Kier molecular flexibility index (Phi) is 6.23. The molecule has 0 rings (SSSR count). The lowest BCUT2D eigenvalue weighted by atomic mass is 10.3. The maximum Gasteiger partial charge on any atom is 0.462 e. The average molecular weight is 440 g/mol. The van der Waals surface area contributed by atoms with Crippen molar-refractivity contribution in [3.05, 3.63) is 12.3 Å². The highest BCUT2D eigenvalue weighted by atomic mass is 28.4. The molecule has 0 unspecified atom stereocenters. The van der Waals surface area contributed by atoms with Crippen molar-refractivity contribution in [1.29, 1.82) is 0 Å². The third-order valence-electron chi connectivity index (χ3n) is 2.48. The Morgan fingerprint density at radius 2 is 0.846 bits per heavy atom. The maximum atomic E-state index is 13.0. The zero-order chi connectivity index (χ0) is 21.6. The predicted molar refractivity (Wildman–Crippen MR) is 55.9 cm³/mol. The molecule has 0 aromatic rings. The highest BCUT2D eigenvalue weighted by Crippen LogP contribution is 2.51. The highest BCUT2D eigenvalue weighted by Gasteiger charge is 2.78. The summed E-state index contributed by atoms with van der Waals surface area (Å²) in [6.07, 6.45) is -27.3. The second-order valence-corrected chi connectivity index (χ2v) is 7.45. The fourth-order valence-electron chi connectivity index (χ4n) is 1.07. The second kappa shape index (κ2) is 6.50. The fraction of sp³-hybridized carbons (Fsp3) is 0.778. The van der Waals surface area contributed by atoms with E-state index >= 15 is 0 Å². The molecule has 0 N–H and O–H groups in total. The Bertz CT molecular complexity index is 481. The van der Waals surface area contributed by atoms with Crippen molar-refractivity contribution in [3.63, 3.8) is 0 Å². The molecule has 156 valence electrons. The van der Waals surface area contributed by atoms with Gasteiger partial charge >= 0.3 is 45.0 Å². The summed E-state index contributed by atoms with van der Waals surface area (Å²) >= 11 is 0. The lowest BCUT2D eigenvalue weighted by Gasteiger charge is -2.37. The largest absolute Gasteiger partial charge is 0.462 e. The Balaban J connectivity index is 5.87. The molecule has 0 heterocycles. The first-order valence-corrected chi connectivity index (χ1v) is 8.05. The van der Waals surface area contributed by atoms with Crippen molar-refractivity contribution >= 4 is 8.56 Å². The molecule has 17 heteroatoms. The number of alkyl halides is 14. The van der Waals surface area contributed by atoms with E-state index in [2.05, 4.69) is 15.4 Å². The van der Waals surface area contributed by atoms with E-state index < -0.39 is 50.7 Å². The van der Waals surface area contributed by atoms with Gasteiger partial charge in [0.25, 0.3) is 0 Å². The smallest absolute Gasteiger partial charge is 0.327 e. The minimum atomic E-state index is -7.03. The minimum Gasteiger partial charge on any atom is -0.327 e. The van der Waals surface area contributed by atoms with Crippen molar-refractivity contribution in [3.8, 4) is 0 Å². The van der Waals surface area contributed by atoms with Gasteiger partial charge in [-0.05, 0) is 12.2 Å². The number of rotatable bonds is 7. The van der Waals surface area contributed by atoms with Gasteiger partial charge in [0.15, 0.2) is 0 Å². The summed E-state index contributed by atoms with van der Waals surface area (Å²) in [5, 5.41) is 0. The second-order valence-electron chi connectivity index (χ2n) is 4.60. The van der Waals surface area contributed by atoms with Crippen LogP contribution in [0.2, 0.25) is 6.55 Å². The summed E-state index contributed by atoms with van der Waals surface area (Å²) in [6.45, 7) is 2.15. The van der Waals surface area contributed by atoms with E-state index in [1.165, 1.54) is 0 Å². The molecule has 0 fully saturated rings. The Labute approximate surface area is 135 Å². The predicted octanol–water partition coefficient (Wildman–Crippen LogP) is 5.40. The summed E-state index contributed by atoms with van der Waals surface area (Å²) in [4.78, 5) is 0. The Morgan fingerprint density at radius 1 is 0.615 bits per heavy atom. The first kappa shape index (κ1) is 24.9. The van der Waals surface area contributed by atoms with Gasteiger partial charge in [-0.25, -0.2) is 0 Å². The van der Waals surface area contributed by atoms with Gasteiger partial charge < -0.3 is 8.85 Å². The third kappa shape index (κ3) is 4.41. The van der Waals surface area contributed by atoms with E-state index in [1.54, 1.807) is 0 Å². The SMILES string of the molecule is C=C[Si](C)(OC(F)(F)C(F)(F)C(F)(F)F)OC(F)(F)C(F)(F)C(F)(F)F. The van der Waals surface area contributed by atoms with Gasteiger partial charge in [-0.3, -0.25) is 0 Å². The van der Waals surface area contributed by atoms with Crippen molar-refractivity contribution < 1.29 is 70.3 Å². The van der Waals surface area contributed by atoms with Crippen LogP contribution in [-0.2, 0) is 8.85 Å². The van der Waals surface area contributed by atoms with Crippen LogP contribution in [0, 0.1) is 0 Å². The van der Waals surface area contributed by atoms with Gasteiger partial charge in [0.05, 0.1) is 0 Å². The molecule has 0 spiro atoms. The van der Waals surface area contributed by atoms with Crippen LogP contribution in [0.5, 0.6) is 0 Å². The average Bonchev–Trinajstić information content (AvgIpc) is 2.34. The van der Waals surface area contributed by atoms with Crippen molar-refractivity contribution in [2.45, 2.75) is 43.0 Å². The van der Waals surface area contributed by atoms with Crippen LogP contribution >= 0.6 is 0 Å². The van der Waals surface area contributed by atoms with Crippen LogP contribution in [0.3, 0.4) is 0 Å². The van der Waals surface area contributed by atoms with Crippen molar-refractivity contribution in [2.24, 2.45) is 0 Å². The van der Waals surface area contributed by atoms with Gasteiger partial charge in [-0.2, -0.15) is 61.5 Å². The molecular weight excluding hydrogens is 434 g/mol. The Hall–Kier alpha value is -1.10. The molecule has 0 aliphatic carbocycles. The number of hydrogen-bond donors (Lipinski definition) is 0. The molecule has 0 bridgehead atoms. The molecule has 0 saturated carbocycles. The lowest BCUT2D eigenvalue weighted by molar-refractivity contribution is -0.423. The molecule has 0 amide bonds. The van der Waals surface area contributed by atoms with Crippen molar-refractivity contribution in [1.82, 2.24) is 0 Å². The van der Waals surface area contributed by atoms with E-state index in [-0.39, 0.29) is 6.55 Å². The molecule has 0 aromatic carbocycles. The molecular formula is C9H6F14O2Si. The summed E-state index contributed by atoms with van der Waals surface area (Å²) in [5.41, 5.74) is -0.423. The maximum absolute atomic E-state index is 13.0. The van der Waals surface area contributed by atoms with Gasteiger partial charge in [-0.15, -0.1) is 6.58 Å². The molecule has 0 aromatic heterocycles. The number of hydrogen-bond acceptors (Lipinski definition) is 2. The zero-order valence-corrected chi connectivity index (χ0v) is 12.9. The standard InChI is InChI=1S/C9H6F14O2Si/c1-3-26(2,24-8(20,21)4(10,11)6(14,15)16)25-9(22,23)5(12,13)7(17,18)19/h3H,1H2,2H3. The van der Waals surface area contributed by atoms with Gasteiger partial charge in [0.1, 0.15) is 0 Å². The minimum absolute atomic E-state index is 0.235. The van der Waals surface area contributed by atoms with E-state index in [0.717, 1.165) is 0 Å². The summed E-state index contributed by atoms with van der Waals surface area (Å²) in [6, 6.07) is 0. The molecule has 2 nitrogen and oxygen atoms in total. The van der Waals surface area contributed by atoms with E-state index in [9.17, 15) is 61.5 Å². The number of halogens is 14. The van der Waals surface area contributed by atoms with Gasteiger partial charge in [-0.1, -0.05) is 0 Å². The van der Waals surface area contributed by atoms with Crippen LogP contribution < -0.4 is 0 Å². The molecule has 0 aliphatic rings. The van der Waals surface area contributed by atoms with E-state index in [0.29, 0.717) is 0 Å². The fourth-order valence-corrected chi connectivity index (χ4v) is 2.55. The molecule has 0 atom stereocenters. The van der Waals surface area contributed by atoms with Gasteiger partial charge in [0.2, 0.25) is 0 Å². The molecule has 0 saturated heterocycles. The van der Waals surface area contributed by atoms with Crippen molar-refractivity contribution in [2.75, 3.05) is 0 Å². The van der Waals surface area contributed by atoms with E-state index in [4.69, 9.17) is 0 Å². The normalized spacial score (nSPS) is 16.0. The topological polar surface area (TPSA) is 18.5 Å². The van der Waals surface area contributed by atoms with E-state index in [1.807, 2.05) is 0 Å². The molecule has 0 aliphatic heterocycles. The third-order valence-corrected chi connectivity index (χ3v) is 4.54. The first-order valence-electron chi connectivity index (χ1n) is 5.66. The van der Waals surface area contributed by atoms with Crippen LogP contribution in [0.15, 0.2) is 12.3 Å². The summed E-state index contributed by atoms with van der Waals surface area (Å²) < 4.78 is 180. The Morgan fingerprint density at radius 3 is 1.00 bits per heavy atom. The quantitative estimate of drug-likeness (QED) is 0.390. The molecule has 0 radical (unpaired) electrons. The van der Waals surface area contributed by atoms with Crippen LogP contribution in [0.1, 0.15) is 0 Å². The van der Waals surface area contributed by atoms with Crippen LogP contribution in [0.4, 0.5) is 61.5 Å². The first-order chi connectivity index (χ1) is 11.0. The molecule has 26 heavy (non-hydrogen) atoms. The summed E-state index contributed by atoms with van der Waals surface area (Å²) in [5.74, 6) is -14.1. The monoisotopic (exact) mass is 440 g/mol. The summed E-state index contributed by atoms with van der Waals surface area (Å²) in [7, 11) is -6.07. The van der Waals surface area contributed by atoms with Crippen LogP contribution in [0.25, 0.3) is 0 Å². The van der Waals surface area contributed by atoms with Gasteiger partial charge in [0, 0.05) is 0 Å². The highest BCUT2D eigenvalue weighted by molar-refractivity contribution is 6.71. The lowest BCUT2D eigenvalue weighted by Crippen LogP contribution is -2.62. The zero-order valence-electron chi connectivity index (χ0n) is 11.9. The van der Waals surface area contributed by atoms with Crippen LogP contribution in [-0.4, -0.2) is 45.0 Å².